The van der Waals surface area contributed by atoms with Crippen LogP contribution < -0.4 is 39.4 Å². The van der Waals surface area contributed by atoms with E-state index in [1.54, 1.807) is 12.1 Å². The van der Waals surface area contributed by atoms with Crippen molar-refractivity contribution in [3.8, 4) is 17.2 Å². The van der Waals surface area contributed by atoms with Crippen molar-refractivity contribution >= 4 is 10.1 Å². The average Bonchev–Trinajstić information content (AvgIpc) is 2.60. The molecule has 0 spiro atoms. The van der Waals surface area contributed by atoms with Crippen LogP contribution in [0.4, 0.5) is 0 Å². The van der Waals surface area contributed by atoms with Crippen LogP contribution in [0.3, 0.4) is 0 Å². The van der Waals surface area contributed by atoms with E-state index in [0.29, 0.717) is 5.75 Å². The van der Waals surface area contributed by atoms with Gasteiger partial charge in [0.15, 0.2) is 0 Å². The van der Waals surface area contributed by atoms with Crippen LogP contribution in [0.15, 0.2) is 47.4 Å². The van der Waals surface area contributed by atoms with Gasteiger partial charge in [0, 0.05) is 0 Å². The van der Waals surface area contributed by atoms with Crippen molar-refractivity contribution in [3.05, 3.63) is 48.0 Å². The van der Waals surface area contributed by atoms with Crippen LogP contribution in [0, 0.1) is 0 Å². The summed E-state index contributed by atoms with van der Waals surface area (Å²) in [6.07, 6.45) is 8.14. The fourth-order valence-corrected chi connectivity index (χ4v) is 3.19. The van der Waals surface area contributed by atoms with Crippen LogP contribution >= 0.6 is 0 Å². The number of hydrogen-bond acceptors (Lipinski definition) is 4. The standard InChI is InChI=1S/C20H26O5S.Na/c1-2-3-4-5-6-7-8-16-9-14-20(19(21)15-16)25-17-10-12-18(13-11-17)26(22,23)24;/h9-15,21H,2-8H2,1H3,(H,22,23,24);/q;+1/p-1. The number of unbranched alkanes of at least 4 members (excludes halogenated alkanes) is 5. The zero-order valence-corrected chi connectivity index (χ0v) is 18.8. The monoisotopic (exact) mass is 400 g/mol. The number of rotatable bonds is 10. The Balaban J connectivity index is 0.00000364. The summed E-state index contributed by atoms with van der Waals surface area (Å²) in [7, 11) is -4.24. The quantitative estimate of drug-likeness (QED) is 0.373. The third kappa shape index (κ3) is 8.23. The number of aryl methyl sites for hydroxylation is 1. The van der Waals surface area contributed by atoms with Gasteiger partial charge in [-0.15, -0.1) is 0 Å². The molecule has 0 fully saturated rings. The summed E-state index contributed by atoms with van der Waals surface area (Å²) in [6, 6.07) is 10.4. The molecule has 2 aromatic rings. The first-order valence-corrected chi connectivity index (χ1v) is 10.4. The van der Waals surface area contributed by atoms with E-state index in [-0.39, 0.29) is 46.0 Å². The summed E-state index contributed by atoms with van der Waals surface area (Å²) in [5.41, 5.74) is 1.000. The van der Waals surface area contributed by atoms with Gasteiger partial charge in [0.1, 0.15) is 11.5 Å². The maximum atomic E-state index is 12.2. The third-order valence-electron chi connectivity index (χ3n) is 4.18. The molecule has 0 atom stereocenters. The normalized spacial score (nSPS) is 11.0. The Morgan fingerprint density at radius 3 is 2.19 bits per heavy atom. The second-order valence-electron chi connectivity index (χ2n) is 6.35. The first-order chi connectivity index (χ1) is 12.4. The Morgan fingerprint density at radius 1 is 0.963 bits per heavy atom. The largest absolute Gasteiger partial charge is 1.00 e. The van der Waals surface area contributed by atoms with Crippen LogP contribution in [0.2, 0.25) is 0 Å². The van der Waals surface area contributed by atoms with Crippen molar-refractivity contribution < 1.29 is 52.4 Å². The van der Waals surface area contributed by atoms with Crippen molar-refractivity contribution in [1.29, 1.82) is 0 Å². The fourth-order valence-electron chi connectivity index (χ4n) is 2.71. The van der Waals surface area contributed by atoms with Crippen LogP contribution in [-0.4, -0.2) is 13.0 Å². The van der Waals surface area contributed by atoms with Gasteiger partial charge in [-0.2, -0.15) is 8.42 Å². The summed E-state index contributed by atoms with van der Waals surface area (Å²) in [5, 5.41) is 12.2. The summed E-state index contributed by atoms with van der Waals surface area (Å²) < 4.78 is 36.5. The van der Waals surface area contributed by atoms with Gasteiger partial charge in [0.05, 0.1) is 4.90 Å². The van der Waals surface area contributed by atoms with E-state index in [1.165, 1.54) is 56.4 Å². The summed E-state index contributed by atoms with van der Waals surface area (Å²) in [5.74, 6) is 0.321. The molecule has 0 radical (unpaired) electrons. The molecule has 7 heteroatoms. The van der Waals surface area contributed by atoms with Gasteiger partial charge in [-0.25, -0.2) is 0 Å². The molecule has 0 aliphatic heterocycles. The van der Waals surface area contributed by atoms with E-state index in [0.717, 1.165) is 18.4 Å². The van der Waals surface area contributed by atoms with E-state index in [9.17, 15) is 13.5 Å². The SMILES string of the molecule is CCCCCCCCc1ccc(Oc2ccc(S(=O)(=O)O)cc2)c([O-])c1.[Na+]. The van der Waals surface area contributed by atoms with Crippen molar-refractivity contribution in [2.24, 2.45) is 0 Å². The third-order valence-corrected chi connectivity index (χ3v) is 5.04. The van der Waals surface area contributed by atoms with Gasteiger partial charge in [-0.05, 0) is 48.7 Å². The van der Waals surface area contributed by atoms with Crippen molar-refractivity contribution in [2.45, 2.75) is 56.8 Å². The molecule has 0 aromatic heterocycles. The maximum Gasteiger partial charge on any atom is 1.00 e. The minimum absolute atomic E-state index is 0. The van der Waals surface area contributed by atoms with E-state index in [2.05, 4.69) is 6.92 Å². The first-order valence-electron chi connectivity index (χ1n) is 8.95. The van der Waals surface area contributed by atoms with Gasteiger partial charge < -0.3 is 9.84 Å². The van der Waals surface area contributed by atoms with E-state index < -0.39 is 10.1 Å². The Bertz CT molecular complexity index is 804. The van der Waals surface area contributed by atoms with Crippen LogP contribution in [-0.2, 0) is 16.5 Å². The summed E-state index contributed by atoms with van der Waals surface area (Å²) in [6.45, 7) is 2.20. The molecule has 2 aromatic carbocycles. The Kier molecular flexibility index (Phi) is 10.4. The van der Waals surface area contributed by atoms with Crippen LogP contribution in [0.5, 0.6) is 17.2 Å². The summed E-state index contributed by atoms with van der Waals surface area (Å²) in [4.78, 5) is -0.221. The summed E-state index contributed by atoms with van der Waals surface area (Å²) >= 11 is 0. The molecule has 0 aliphatic rings. The molecule has 0 saturated heterocycles. The Hall–Kier alpha value is -1.05. The minimum Gasteiger partial charge on any atom is -0.870 e. The molecular formula is C20H25NaO5S. The smallest absolute Gasteiger partial charge is 0.870 e. The fraction of sp³-hybridized carbons (Fsp3) is 0.400. The van der Waals surface area contributed by atoms with Crippen molar-refractivity contribution in [3.63, 3.8) is 0 Å². The molecule has 5 nitrogen and oxygen atoms in total. The van der Waals surface area contributed by atoms with Crippen LogP contribution in [0.1, 0.15) is 51.0 Å². The van der Waals surface area contributed by atoms with E-state index in [4.69, 9.17) is 9.29 Å². The molecule has 0 heterocycles. The first kappa shape index (κ1) is 24.0. The average molecular weight is 400 g/mol. The van der Waals surface area contributed by atoms with Crippen molar-refractivity contribution in [1.82, 2.24) is 0 Å². The molecule has 0 amide bonds. The number of benzene rings is 2. The van der Waals surface area contributed by atoms with Gasteiger partial charge >= 0.3 is 29.6 Å². The number of hydrogen-bond donors (Lipinski definition) is 1. The van der Waals surface area contributed by atoms with Gasteiger partial charge in [-0.1, -0.05) is 56.9 Å². The molecule has 27 heavy (non-hydrogen) atoms. The Labute approximate surface area is 183 Å². The predicted molar refractivity (Wildman–Crippen MR) is 99.3 cm³/mol. The van der Waals surface area contributed by atoms with Crippen molar-refractivity contribution in [2.75, 3.05) is 0 Å². The van der Waals surface area contributed by atoms with Crippen LogP contribution in [0.25, 0.3) is 0 Å². The molecule has 2 rings (SSSR count). The van der Waals surface area contributed by atoms with E-state index in [1.807, 2.05) is 6.07 Å². The minimum atomic E-state index is -4.24. The number of ether oxygens (including phenoxy) is 1. The van der Waals surface area contributed by atoms with Gasteiger partial charge in [0.25, 0.3) is 10.1 Å². The van der Waals surface area contributed by atoms with Gasteiger partial charge in [-0.3, -0.25) is 4.55 Å². The molecule has 142 valence electrons. The van der Waals surface area contributed by atoms with Gasteiger partial charge in [0.2, 0.25) is 0 Å². The molecule has 0 bridgehead atoms. The topological polar surface area (TPSA) is 86.7 Å². The second kappa shape index (κ2) is 11.7. The second-order valence-corrected chi connectivity index (χ2v) is 7.77. The van der Waals surface area contributed by atoms with E-state index >= 15 is 0 Å². The predicted octanol–water partition coefficient (Wildman–Crippen LogP) is 1.71. The maximum absolute atomic E-state index is 12.2. The zero-order chi connectivity index (χ0) is 19.0. The molecule has 0 saturated carbocycles. The zero-order valence-electron chi connectivity index (χ0n) is 16.0. The molecule has 0 unspecified atom stereocenters. The Morgan fingerprint density at radius 2 is 1.59 bits per heavy atom. The molecular weight excluding hydrogens is 375 g/mol. The molecule has 1 N–H and O–H groups in total. The molecule has 0 aliphatic carbocycles.